The van der Waals surface area contributed by atoms with Gasteiger partial charge in [-0.3, -0.25) is 0 Å². The number of aromatic nitrogens is 3. The zero-order chi connectivity index (χ0) is 25.1. The highest BCUT2D eigenvalue weighted by atomic mass is 32.2. The quantitative estimate of drug-likeness (QED) is 0.192. The van der Waals surface area contributed by atoms with Crippen LogP contribution >= 0.6 is 19.7 Å². The van der Waals surface area contributed by atoms with Gasteiger partial charge >= 0.3 is 0 Å². The van der Waals surface area contributed by atoms with Gasteiger partial charge in [0.05, 0.1) is 6.04 Å². The van der Waals surface area contributed by atoms with Crippen molar-refractivity contribution < 1.29 is 0 Å². The van der Waals surface area contributed by atoms with Crippen molar-refractivity contribution in [3.8, 4) is 11.3 Å². The average Bonchev–Trinajstić information content (AvgIpc) is 3.52. The third kappa shape index (κ3) is 5.26. The minimum Gasteiger partial charge on any atom is -0.231 e. The van der Waals surface area contributed by atoms with Crippen LogP contribution < -0.4 is 10.6 Å². The molecule has 0 amide bonds. The van der Waals surface area contributed by atoms with E-state index in [0.717, 1.165) is 16.3 Å². The van der Waals surface area contributed by atoms with Gasteiger partial charge in [-0.1, -0.05) is 147 Å². The second-order valence-corrected chi connectivity index (χ2v) is 14.1. The Morgan fingerprint density at radius 3 is 1.94 bits per heavy atom. The predicted molar refractivity (Wildman–Crippen MR) is 156 cm³/mol. The molecule has 1 aromatic heterocycles. The van der Waals surface area contributed by atoms with Crippen molar-refractivity contribution in [1.82, 2.24) is 15.0 Å². The summed E-state index contributed by atoms with van der Waals surface area (Å²) in [5.41, 5.74) is 3.75. The predicted octanol–water partition coefficient (Wildman–Crippen LogP) is 7.39. The molecule has 5 rings (SSSR count). The fourth-order valence-electron chi connectivity index (χ4n) is 4.59. The molecule has 0 saturated carbocycles. The molecule has 0 radical (unpaired) electrons. The molecule has 3 nitrogen and oxygen atoms in total. The molecule has 182 valence electrons. The van der Waals surface area contributed by atoms with Gasteiger partial charge in [0.1, 0.15) is 10.7 Å². The van der Waals surface area contributed by atoms with Crippen molar-refractivity contribution in [1.29, 1.82) is 0 Å². The second-order valence-electron chi connectivity index (χ2n) is 9.98. The summed E-state index contributed by atoms with van der Waals surface area (Å²) in [5.74, 6) is 0. The highest BCUT2D eigenvalue weighted by Crippen LogP contribution is 2.49. The lowest BCUT2D eigenvalue weighted by atomic mass is 10.1. The summed E-state index contributed by atoms with van der Waals surface area (Å²) < 4.78 is 2.18. The summed E-state index contributed by atoms with van der Waals surface area (Å²) in [6.45, 7) is 9.01. The maximum absolute atomic E-state index is 4.74. The van der Waals surface area contributed by atoms with E-state index in [1.807, 2.05) is 17.8 Å². The van der Waals surface area contributed by atoms with Crippen molar-refractivity contribution in [3.05, 3.63) is 115 Å². The Bertz CT molecular complexity index is 1320. The molecule has 0 bridgehead atoms. The van der Waals surface area contributed by atoms with E-state index in [2.05, 4.69) is 136 Å². The monoisotopic (exact) mass is 509 g/mol. The lowest BCUT2D eigenvalue weighted by Crippen LogP contribution is -2.25. The van der Waals surface area contributed by atoms with Crippen LogP contribution in [0, 0.1) is 0 Å². The van der Waals surface area contributed by atoms with Gasteiger partial charge in [0.25, 0.3) is 0 Å². The molecule has 1 unspecified atom stereocenters. The molecule has 0 N–H and O–H groups in total. The minimum absolute atomic E-state index is 0.0329. The van der Waals surface area contributed by atoms with Crippen molar-refractivity contribution in [2.24, 2.45) is 0 Å². The van der Waals surface area contributed by atoms with E-state index in [-0.39, 0.29) is 10.8 Å². The van der Waals surface area contributed by atoms with Gasteiger partial charge in [-0.05, 0) is 31.0 Å². The molecule has 5 heteroatoms. The molecular weight excluding hydrogens is 477 g/mol. The normalized spacial score (nSPS) is 16.4. The van der Waals surface area contributed by atoms with Crippen LogP contribution in [0.15, 0.2) is 120 Å². The summed E-state index contributed by atoms with van der Waals surface area (Å²) in [6.07, 6.45) is 6.90. The van der Waals surface area contributed by atoms with Crippen LogP contribution in [0.4, 0.5) is 0 Å². The number of benzene rings is 3. The highest BCUT2D eigenvalue weighted by Gasteiger charge is 2.33. The minimum atomic E-state index is -0.611. The molecule has 1 heterocycles. The Hall–Kier alpha value is -2.94. The first-order valence-electron chi connectivity index (χ1n) is 12.4. The lowest BCUT2D eigenvalue weighted by molar-refractivity contribution is 0.494. The van der Waals surface area contributed by atoms with Gasteiger partial charge in [0.2, 0.25) is 0 Å². The fraction of sp³-hybridized carbons (Fsp3) is 0.226. The van der Waals surface area contributed by atoms with Gasteiger partial charge < -0.3 is 0 Å². The van der Waals surface area contributed by atoms with Crippen molar-refractivity contribution in [3.63, 3.8) is 0 Å². The van der Waals surface area contributed by atoms with Crippen molar-refractivity contribution in [2.75, 3.05) is 0 Å². The number of allylic oxidation sites excluding steroid dienone is 4. The molecule has 0 spiro atoms. The van der Waals surface area contributed by atoms with E-state index in [0.29, 0.717) is 5.66 Å². The summed E-state index contributed by atoms with van der Waals surface area (Å²) in [6, 6.07) is 32.4. The Morgan fingerprint density at radius 2 is 1.39 bits per heavy atom. The largest absolute Gasteiger partial charge is 0.231 e. The molecular formula is C31H32N3PS. The maximum atomic E-state index is 4.74. The molecule has 2 atom stereocenters. The smallest absolute Gasteiger partial charge is 0.126 e. The molecule has 1 aliphatic carbocycles. The SMILES string of the molecule is C[C@H](C1=CC=CC1P(c1ccccc1)c1ccccc1)n1nnc(-c2ccccc2)c1SC(C)(C)C. The zero-order valence-corrected chi connectivity index (χ0v) is 23.0. The number of hydrogen-bond acceptors (Lipinski definition) is 3. The number of rotatable bonds is 7. The molecule has 4 aromatic rings. The van der Waals surface area contributed by atoms with Crippen molar-refractivity contribution >= 4 is 30.3 Å². The molecule has 36 heavy (non-hydrogen) atoms. The van der Waals surface area contributed by atoms with Gasteiger partial charge in [0, 0.05) is 16.0 Å². The fourth-order valence-corrected chi connectivity index (χ4v) is 8.51. The first-order chi connectivity index (χ1) is 17.4. The molecule has 0 aliphatic heterocycles. The second kappa shape index (κ2) is 10.6. The standard InChI is InChI=1S/C31H32N3PS/c1-23(34-30(36-31(2,3)4)29(32-33-34)24-15-8-5-9-16-24)27-21-14-22-28(27)35(25-17-10-6-11-18-25)26-19-12-7-13-20-26/h5-23,28H,1-4H3/t23-,28?/m1/s1. The topological polar surface area (TPSA) is 30.7 Å². The van der Waals surface area contributed by atoms with Gasteiger partial charge in [0.15, 0.2) is 0 Å². The van der Waals surface area contributed by atoms with E-state index in [4.69, 9.17) is 10.3 Å². The molecule has 3 aromatic carbocycles. The van der Waals surface area contributed by atoms with Crippen LogP contribution in [0.1, 0.15) is 33.7 Å². The van der Waals surface area contributed by atoms with E-state index < -0.39 is 7.92 Å². The Labute approximate surface area is 220 Å². The Kier molecular flexibility index (Phi) is 7.27. The summed E-state index contributed by atoms with van der Waals surface area (Å²) in [5, 5.41) is 13.3. The third-order valence-electron chi connectivity index (χ3n) is 6.22. The van der Waals surface area contributed by atoms with Gasteiger partial charge in [-0.15, -0.1) is 5.10 Å². The molecule has 0 fully saturated rings. The summed E-state index contributed by atoms with van der Waals surface area (Å²) >= 11 is 1.84. The summed E-state index contributed by atoms with van der Waals surface area (Å²) in [4.78, 5) is 0. The van der Waals surface area contributed by atoms with E-state index in [1.165, 1.54) is 16.2 Å². The third-order valence-corrected chi connectivity index (χ3v) is 10.1. The van der Waals surface area contributed by atoms with Crippen LogP contribution in [0.2, 0.25) is 0 Å². The van der Waals surface area contributed by atoms with Crippen LogP contribution in [0.5, 0.6) is 0 Å². The van der Waals surface area contributed by atoms with E-state index in [9.17, 15) is 0 Å². The van der Waals surface area contributed by atoms with Crippen molar-refractivity contribution in [2.45, 2.75) is 49.2 Å². The number of thioether (sulfide) groups is 1. The van der Waals surface area contributed by atoms with Gasteiger partial charge in [-0.2, -0.15) is 0 Å². The van der Waals surface area contributed by atoms with E-state index >= 15 is 0 Å². The Balaban J connectivity index is 1.56. The highest BCUT2D eigenvalue weighted by molar-refractivity contribution is 8.00. The average molecular weight is 510 g/mol. The number of hydrogen-bond donors (Lipinski definition) is 0. The van der Waals surface area contributed by atoms with Crippen LogP contribution in [0.25, 0.3) is 11.3 Å². The zero-order valence-electron chi connectivity index (χ0n) is 21.2. The Morgan fingerprint density at radius 1 is 0.833 bits per heavy atom. The first kappa shape index (κ1) is 24.7. The first-order valence-corrected chi connectivity index (χ1v) is 14.6. The van der Waals surface area contributed by atoms with E-state index in [1.54, 1.807) is 0 Å². The lowest BCUT2D eigenvalue weighted by Gasteiger charge is -2.30. The molecule has 0 saturated heterocycles. The summed E-state index contributed by atoms with van der Waals surface area (Å²) in [7, 11) is -0.611. The molecule has 1 aliphatic rings. The van der Waals surface area contributed by atoms with Crippen LogP contribution in [-0.2, 0) is 0 Å². The maximum Gasteiger partial charge on any atom is 0.126 e. The van der Waals surface area contributed by atoms with Gasteiger partial charge in [-0.25, -0.2) is 4.68 Å². The van der Waals surface area contributed by atoms with Crippen LogP contribution in [0.3, 0.4) is 0 Å². The number of nitrogens with zero attached hydrogens (tertiary/aromatic N) is 3. The van der Waals surface area contributed by atoms with Crippen LogP contribution in [-0.4, -0.2) is 25.4 Å².